The van der Waals surface area contributed by atoms with Crippen LogP contribution in [0.3, 0.4) is 0 Å². The number of carbonyl (C=O) groups is 1. The number of benzene rings is 1. The number of carbonyl (C=O) groups excluding carboxylic acids is 1. The van der Waals surface area contributed by atoms with E-state index in [9.17, 15) is 13.2 Å². The molecular weight excluding hydrogens is 400 g/mol. The first-order valence-electron chi connectivity index (χ1n) is 11.0. The van der Waals surface area contributed by atoms with Gasteiger partial charge in [0.25, 0.3) is 0 Å². The first-order valence-corrected chi connectivity index (χ1v) is 12.4. The van der Waals surface area contributed by atoms with Crippen molar-refractivity contribution in [2.24, 2.45) is 0 Å². The Hall–Kier alpha value is -1.93. The van der Waals surface area contributed by atoms with Crippen LogP contribution in [0, 0.1) is 0 Å². The van der Waals surface area contributed by atoms with Gasteiger partial charge in [0.2, 0.25) is 15.9 Å². The molecule has 3 rings (SSSR count). The molecule has 1 atom stereocenters. The van der Waals surface area contributed by atoms with E-state index in [4.69, 9.17) is 4.98 Å². The SMILES string of the molecule is CCCCn1c(CCC(=O)N2CCCCC2C)nc2cc(S(=O)(=O)N(C)C)ccc21. The lowest BCUT2D eigenvalue weighted by molar-refractivity contribution is -0.134. The summed E-state index contributed by atoms with van der Waals surface area (Å²) < 4.78 is 28.4. The van der Waals surface area contributed by atoms with E-state index < -0.39 is 10.0 Å². The molecule has 1 fully saturated rings. The van der Waals surface area contributed by atoms with Crippen molar-refractivity contribution < 1.29 is 13.2 Å². The summed E-state index contributed by atoms with van der Waals surface area (Å²) in [7, 11) is -0.460. The molecule has 0 saturated carbocycles. The monoisotopic (exact) mass is 434 g/mol. The molecule has 0 spiro atoms. The minimum atomic E-state index is -3.51. The lowest BCUT2D eigenvalue weighted by atomic mass is 10.0. The Morgan fingerprint density at radius 2 is 2.03 bits per heavy atom. The highest BCUT2D eigenvalue weighted by atomic mass is 32.2. The quantitative estimate of drug-likeness (QED) is 0.638. The van der Waals surface area contributed by atoms with Gasteiger partial charge in [0.15, 0.2) is 0 Å². The van der Waals surface area contributed by atoms with E-state index in [-0.39, 0.29) is 10.8 Å². The molecule has 1 aromatic heterocycles. The topological polar surface area (TPSA) is 75.5 Å². The van der Waals surface area contributed by atoms with Gasteiger partial charge in [0.05, 0.1) is 15.9 Å². The molecule has 0 N–H and O–H groups in total. The summed E-state index contributed by atoms with van der Waals surface area (Å²) in [6.45, 7) is 5.93. The third kappa shape index (κ3) is 4.70. The molecule has 1 aromatic carbocycles. The van der Waals surface area contributed by atoms with Crippen LogP contribution in [-0.4, -0.2) is 59.8 Å². The van der Waals surface area contributed by atoms with Crippen LogP contribution in [-0.2, 0) is 27.8 Å². The third-order valence-electron chi connectivity index (χ3n) is 6.00. The number of unbranched alkanes of at least 4 members (excludes halogenated alkanes) is 1. The van der Waals surface area contributed by atoms with Gasteiger partial charge in [-0.25, -0.2) is 17.7 Å². The Kier molecular flexibility index (Phi) is 7.18. The molecule has 1 saturated heterocycles. The van der Waals surface area contributed by atoms with Gasteiger partial charge in [-0.2, -0.15) is 0 Å². The normalized spacial score (nSPS) is 17.8. The highest BCUT2D eigenvalue weighted by Crippen LogP contribution is 2.24. The van der Waals surface area contributed by atoms with E-state index in [0.717, 1.165) is 50.1 Å². The number of aromatic nitrogens is 2. The third-order valence-corrected chi connectivity index (χ3v) is 7.81. The first kappa shape index (κ1) is 22.7. The number of amides is 1. The van der Waals surface area contributed by atoms with Crippen molar-refractivity contribution >= 4 is 27.0 Å². The Labute approximate surface area is 180 Å². The molecule has 1 amide bonds. The van der Waals surface area contributed by atoms with E-state index in [1.54, 1.807) is 12.1 Å². The fourth-order valence-electron chi connectivity index (χ4n) is 4.12. The molecule has 1 aliphatic rings. The predicted octanol–water partition coefficient (Wildman–Crippen LogP) is 3.42. The molecule has 166 valence electrons. The standard InChI is InChI=1S/C22H34N4O3S/c1-5-6-14-26-20-11-10-18(30(28,29)24(3)4)16-19(20)23-21(26)12-13-22(27)25-15-8-7-9-17(25)2/h10-11,16-17H,5-9,12-15H2,1-4H3. The average Bonchev–Trinajstić information content (AvgIpc) is 3.07. The molecule has 1 unspecified atom stereocenters. The lowest BCUT2D eigenvalue weighted by Crippen LogP contribution is -2.42. The van der Waals surface area contributed by atoms with E-state index in [2.05, 4.69) is 18.4 Å². The summed E-state index contributed by atoms with van der Waals surface area (Å²) in [6, 6.07) is 5.44. The number of nitrogens with zero attached hydrogens (tertiary/aromatic N) is 4. The Balaban J connectivity index is 1.87. The summed E-state index contributed by atoms with van der Waals surface area (Å²) in [6.07, 6.45) is 6.40. The number of aryl methyl sites for hydroxylation is 2. The van der Waals surface area contributed by atoms with Crippen molar-refractivity contribution in [1.29, 1.82) is 0 Å². The van der Waals surface area contributed by atoms with Crippen LogP contribution >= 0.6 is 0 Å². The van der Waals surface area contributed by atoms with Crippen molar-refractivity contribution in [3.63, 3.8) is 0 Å². The van der Waals surface area contributed by atoms with Gasteiger partial charge in [-0.1, -0.05) is 13.3 Å². The van der Waals surface area contributed by atoms with E-state index >= 15 is 0 Å². The number of rotatable bonds is 8. The maximum Gasteiger partial charge on any atom is 0.242 e. The molecule has 1 aliphatic heterocycles. The zero-order chi connectivity index (χ0) is 21.9. The molecule has 0 bridgehead atoms. The van der Waals surface area contributed by atoms with Gasteiger partial charge in [-0.05, 0) is 50.8 Å². The van der Waals surface area contributed by atoms with Gasteiger partial charge < -0.3 is 9.47 Å². The van der Waals surface area contributed by atoms with Crippen LogP contribution in [0.5, 0.6) is 0 Å². The van der Waals surface area contributed by atoms with Crippen LogP contribution in [0.25, 0.3) is 11.0 Å². The Bertz CT molecular complexity index is 997. The molecule has 0 radical (unpaired) electrons. The van der Waals surface area contributed by atoms with Crippen LogP contribution in [0.15, 0.2) is 23.1 Å². The van der Waals surface area contributed by atoms with Crippen molar-refractivity contribution in [3.8, 4) is 0 Å². The van der Waals surface area contributed by atoms with Gasteiger partial charge >= 0.3 is 0 Å². The summed E-state index contributed by atoms with van der Waals surface area (Å²) in [5.41, 5.74) is 1.60. The van der Waals surface area contributed by atoms with Gasteiger partial charge in [0.1, 0.15) is 5.82 Å². The van der Waals surface area contributed by atoms with Crippen LogP contribution in [0.2, 0.25) is 0 Å². The molecular formula is C22H34N4O3S. The number of sulfonamides is 1. The van der Waals surface area contributed by atoms with Crippen molar-refractivity contribution in [2.75, 3.05) is 20.6 Å². The van der Waals surface area contributed by atoms with Crippen LogP contribution in [0.4, 0.5) is 0 Å². The number of imidazole rings is 1. The minimum Gasteiger partial charge on any atom is -0.340 e. The fraction of sp³-hybridized carbons (Fsp3) is 0.636. The van der Waals surface area contributed by atoms with Crippen molar-refractivity contribution in [1.82, 2.24) is 18.8 Å². The minimum absolute atomic E-state index is 0.187. The zero-order valence-corrected chi connectivity index (χ0v) is 19.4. The Morgan fingerprint density at radius 3 is 2.70 bits per heavy atom. The number of hydrogen-bond acceptors (Lipinski definition) is 4. The van der Waals surface area contributed by atoms with Crippen LogP contribution in [0.1, 0.15) is 58.2 Å². The second-order valence-electron chi connectivity index (χ2n) is 8.40. The zero-order valence-electron chi connectivity index (χ0n) is 18.6. The second kappa shape index (κ2) is 9.47. The molecule has 8 heteroatoms. The molecule has 2 aromatic rings. The number of hydrogen-bond donors (Lipinski definition) is 0. The molecule has 2 heterocycles. The molecule has 0 aliphatic carbocycles. The van der Waals surface area contributed by atoms with Crippen LogP contribution < -0.4 is 0 Å². The first-order chi connectivity index (χ1) is 14.3. The van der Waals surface area contributed by atoms with Crippen molar-refractivity contribution in [2.45, 2.75) is 76.3 Å². The average molecular weight is 435 g/mol. The van der Waals surface area contributed by atoms with E-state index in [1.807, 2.05) is 11.0 Å². The largest absolute Gasteiger partial charge is 0.340 e. The maximum absolute atomic E-state index is 12.8. The highest BCUT2D eigenvalue weighted by Gasteiger charge is 2.24. The second-order valence-corrected chi connectivity index (χ2v) is 10.6. The molecule has 7 nitrogen and oxygen atoms in total. The van der Waals surface area contributed by atoms with Gasteiger partial charge in [-0.3, -0.25) is 4.79 Å². The van der Waals surface area contributed by atoms with Gasteiger partial charge in [0, 0.05) is 46.1 Å². The summed E-state index contributed by atoms with van der Waals surface area (Å²) in [5.74, 6) is 1.04. The van der Waals surface area contributed by atoms with Gasteiger partial charge in [-0.15, -0.1) is 0 Å². The number of fused-ring (bicyclic) bond motifs is 1. The summed E-state index contributed by atoms with van der Waals surface area (Å²) >= 11 is 0. The van der Waals surface area contributed by atoms with E-state index in [1.165, 1.54) is 24.8 Å². The van der Waals surface area contributed by atoms with E-state index in [0.29, 0.717) is 24.4 Å². The highest BCUT2D eigenvalue weighted by molar-refractivity contribution is 7.89. The fourth-order valence-corrected chi connectivity index (χ4v) is 5.04. The summed E-state index contributed by atoms with van der Waals surface area (Å²) in [4.78, 5) is 19.8. The maximum atomic E-state index is 12.8. The predicted molar refractivity (Wildman–Crippen MR) is 119 cm³/mol. The smallest absolute Gasteiger partial charge is 0.242 e. The number of piperidine rings is 1. The van der Waals surface area contributed by atoms with Crippen molar-refractivity contribution in [3.05, 3.63) is 24.0 Å². The lowest BCUT2D eigenvalue weighted by Gasteiger charge is -2.33. The Morgan fingerprint density at radius 1 is 1.27 bits per heavy atom. The number of likely N-dealkylation sites (tertiary alicyclic amines) is 1. The molecule has 30 heavy (non-hydrogen) atoms. The summed E-state index contributed by atoms with van der Waals surface area (Å²) in [5, 5.41) is 0.